The molecule has 0 saturated carbocycles. The number of fused-ring (bicyclic) bond motifs is 1. The molecule has 0 aliphatic heterocycles. The molecule has 2 rings (SSSR count). The molecule has 1 heterocycles. The zero-order valence-corrected chi connectivity index (χ0v) is 12.1. The van der Waals surface area contributed by atoms with Crippen LogP contribution in [0.5, 0.6) is 0 Å². The normalized spacial score (nSPS) is 11.9. The fourth-order valence-corrected chi connectivity index (χ4v) is 2.17. The van der Waals surface area contributed by atoms with E-state index in [4.69, 9.17) is 0 Å². The number of aromatic amines is 1. The minimum atomic E-state index is -0.958. The first kappa shape index (κ1) is 15.1. The van der Waals surface area contributed by atoms with Gasteiger partial charge in [-0.1, -0.05) is 18.2 Å². The largest absolute Gasteiger partial charge is 0.467 e. The van der Waals surface area contributed by atoms with Crippen LogP contribution in [0.3, 0.4) is 0 Å². The molecule has 2 N–H and O–H groups in total. The Hall–Kier alpha value is -2.28. The van der Waals surface area contributed by atoms with Crippen LogP contribution < -0.4 is 5.32 Å². The molecule has 0 fully saturated rings. The monoisotopic (exact) mass is 306 g/mol. The third kappa shape index (κ3) is 3.08. The molecule has 0 saturated heterocycles. The maximum absolute atomic E-state index is 12.2. The lowest BCUT2D eigenvalue weighted by Crippen LogP contribution is -2.45. The molecular weight excluding hydrogens is 292 g/mol. The van der Waals surface area contributed by atoms with Gasteiger partial charge in [-0.15, -0.1) is 0 Å². The van der Waals surface area contributed by atoms with E-state index in [1.165, 1.54) is 13.3 Å². The van der Waals surface area contributed by atoms with Crippen molar-refractivity contribution in [2.75, 3.05) is 12.9 Å². The van der Waals surface area contributed by atoms with Crippen molar-refractivity contribution in [3.63, 3.8) is 0 Å². The number of esters is 1. The number of aromatic nitrogens is 1. The highest BCUT2D eigenvalue weighted by molar-refractivity contribution is 7.80. The molecule has 7 heteroatoms. The number of benzene rings is 1. The van der Waals surface area contributed by atoms with Crippen LogP contribution >= 0.6 is 12.6 Å². The fourth-order valence-electron chi connectivity index (χ4n) is 1.93. The van der Waals surface area contributed by atoms with Crippen LogP contribution in [0.1, 0.15) is 10.4 Å². The second-order valence-electron chi connectivity index (χ2n) is 4.31. The lowest BCUT2D eigenvalue weighted by atomic mass is 10.1. The van der Waals surface area contributed by atoms with Gasteiger partial charge in [-0.3, -0.25) is 9.59 Å². The molecule has 0 unspecified atom stereocenters. The Labute approximate surface area is 126 Å². The van der Waals surface area contributed by atoms with Gasteiger partial charge >= 0.3 is 5.97 Å². The van der Waals surface area contributed by atoms with Gasteiger partial charge in [-0.05, 0) is 6.07 Å². The number of carbonyl (C=O) groups excluding carboxylic acids is 3. The van der Waals surface area contributed by atoms with Crippen molar-refractivity contribution in [3.8, 4) is 0 Å². The summed E-state index contributed by atoms with van der Waals surface area (Å²) >= 11 is 3.95. The highest BCUT2D eigenvalue weighted by Gasteiger charge is 2.25. The number of hydrogen-bond donors (Lipinski definition) is 3. The molecule has 0 bridgehead atoms. The summed E-state index contributed by atoms with van der Waals surface area (Å²) in [4.78, 5) is 38.4. The Balaban J connectivity index is 2.19. The standard InChI is InChI=1S/C14H14N2O4S/c1-20-14(19)11(7-21)16-13(18)12(17)9-6-15-10-5-3-2-4-8(9)10/h2-6,11,15,21H,7H2,1H3,(H,16,18)/t11-/m0/s1. The number of ether oxygens (including phenoxy) is 1. The molecule has 1 aromatic carbocycles. The average molecular weight is 306 g/mol. The van der Waals surface area contributed by atoms with Crippen molar-refractivity contribution in [2.24, 2.45) is 0 Å². The summed E-state index contributed by atoms with van der Waals surface area (Å²) in [6.07, 6.45) is 1.47. The van der Waals surface area contributed by atoms with Crippen molar-refractivity contribution in [1.29, 1.82) is 0 Å². The number of para-hydroxylation sites is 1. The number of amides is 1. The summed E-state index contributed by atoms with van der Waals surface area (Å²) in [5.41, 5.74) is 1.01. The molecule has 21 heavy (non-hydrogen) atoms. The van der Waals surface area contributed by atoms with Crippen molar-refractivity contribution in [3.05, 3.63) is 36.0 Å². The maximum Gasteiger partial charge on any atom is 0.329 e. The number of rotatable bonds is 5. The van der Waals surface area contributed by atoms with E-state index >= 15 is 0 Å². The second-order valence-corrected chi connectivity index (χ2v) is 4.67. The lowest BCUT2D eigenvalue weighted by molar-refractivity contribution is -0.143. The van der Waals surface area contributed by atoms with E-state index in [0.717, 1.165) is 5.52 Å². The lowest BCUT2D eigenvalue weighted by Gasteiger charge is -2.13. The number of Topliss-reactive ketones (excluding diaryl/α,β-unsaturated/α-hetero) is 1. The number of carbonyl (C=O) groups is 3. The van der Waals surface area contributed by atoms with Crippen LogP contribution in [-0.2, 0) is 14.3 Å². The van der Waals surface area contributed by atoms with Gasteiger partial charge in [-0.25, -0.2) is 4.79 Å². The van der Waals surface area contributed by atoms with Gasteiger partial charge in [0.15, 0.2) is 0 Å². The van der Waals surface area contributed by atoms with E-state index in [2.05, 4.69) is 27.7 Å². The molecule has 110 valence electrons. The molecule has 2 aromatic rings. The van der Waals surface area contributed by atoms with Crippen LogP contribution in [0.2, 0.25) is 0 Å². The Morgan fingerprint density at radius 3 is 2.71 bits per heavy atom. The first-order valence-electron chi connectivity index (χ1n) is 6.18. The van der Waals surface area contributed by atoms with E-state index in [0.29, 0.717) is 5.39 Å². The molecule has 1 amide bonds. The summed E-state index contributed by atoms with van der Waals surface area (Å²) in [6, 6.07) is 6.18. The van der Waals surface area contributed by atoms with E-state index < -0.39 is 23.7 Å². The predicted molar refractivity (Wildman–Crippen MR) is 80.4 cm³/mol. The van der Waals surface area contributed by atoms with Gasteiger partial charge in [0.2, 0.25) is 0 Å². The number of methoxy groups -OCH3 is 1. The summed E-state index contributed by atoms with van der Waals surface area (Å²) in [6.45, 7) is 0. The van der Waals surface area contributed by atoms with Gasteiger partial charge < -0.3 is 15.0 Å². The van der Waals surface area contributed by atoms with Crippen LogP contribution in [0.25, 0.3) is 10.9 Å². The summed E-state index contributed by atoms with van der Waals surface area (Å²) in [5.74, 6) is -2.20. The smallest absolute Gasteiger partial charge is 0.329 e. The molecule has 6 nitrogen and oxygen atoms in total. The highest BCUT2D eigenvalue weighted by atomic mass is 32.1. The molecule has 0 radical (unpaired) electrons. The fraction of sp³-hybridized carbons (Fsp3) is 0.214. The summed E-state index contributed by atoms with van der Waals surface area (Å²) in [7, 11) is 1.20. The zero-order valence-electron chi connectivity index (χ0n) is 11.3. The minimum Gasteiger partial charge on any atom is -0.467 e. The van der Waals surface area contributed by atoms with E-state index in [9.17, 15) is 14.4 Å². The zero-order chi connectivity index (χ0) is 15.4. The Kier molecular flexibility index (Phi) is 4.64. The third-order valence-corrected chi connectivity index (χ3v) is 3.38. The van der Waals surface area contributed by atoms with Crippen LogP contribution in [0, 0.1) is 0 Å². The van der Waals surface area contributed by atoms with E-state index in [1.54, 1.807) is 18.2 Å². The van der Waals surface area contributed by atoms with E-state index in [-0.39, 0.29) is 11.3 Å². The van der Waals surface area contributed by atoms with Crippen molar-refractivity contribution >= 4 is 41.2 Å². The first-order valence-corrected chi connectivity index (χ1v) is 6.81. The molecule has 0 aliphatic rings. The van der Waals surface area contributed by atoms with Crippen molar-refractivity contribution < 1.29 is 19.1 Å². The van der Waals surface area contributed by atoms with Gasteiger partial charge in [0.1, 0.15) is 6.04 Å². The van der Waals surface area contributed by atoms with Gasteiger partial charge in [0.05, 0.1) is 12.7 Å². The topological polar surface area (TPSA) is 88.3 Å². The van der Waals surface area contributed by atoms with Gasteiger partial charge in [-0.2, -0.15) is 12.6 Å². The van der Waals surface area contributed by atoms with Crippen molar-refractivity contribution in [1.82, 2.24) is 10.3 Å². The average Bonchev–Trinajstić information content (AvgIpc) is 2.94. The SMILES string of the molecule is COC(=O)[C@H](CS)NC(=O)C(=O)c1c[nH]c2ccccc12. The molecule has 1 atom stereocenters. The number of H-pyrrole nitrogens is 1. The van der Waals surface area contributed by atoms with Gasteiger partial charge in [0.25, 0.3) is 11.7 Å². The number of hydrogen-bond acceptors (Lipinski definition) is 5. The summed E-state index contributed by atoms with van der Waals surface area (Å²) < 4.78 is 4.52. The number of thiol groups is 1. The van der Waals surface area contributed by atoms with Crippen LogP contribution in [-0.4, -0.2) is 41.5 Å². The number of nitrogens with one attached hydrogen (secondary N) is 2. The molecule has 0 aliphatic carbocycles. The molecule has 0 spiro atoms. The van der Waals surface area contributed by atoms with Crippen LogP contribution in [0.4, 0.5) is 0 Å². The minimum absolute atomic E-state index is 0.0412. The van der Waals surface area contributed by atoms with Gasteiger partial charge in [0, 0.05) is 22.9 Å². The highest BCUT2D eigenvalue weighted by Crippen LogP contribution is 2.18. The molecule has 1 aromatic heterocycles. The summed E-state index contributed by atoms with van der Waals surface area (Å²) in [5, 5.41) is 2.97. The number of ketones is 1. The Bertz CT molecular complexity index is 695. The van der Waals surface area contributed by atoms with Crippen LogP contribution in [0.15, 0.2) is 30.5 Å². The van der Waals surface area contributed by atoms with E-state index in [1.807, 2.05) is 6.07 Å². The molecular formula is C14H14N2O4S. The Morgan fingerprint density at radius 2 is 2.05 bits per heavy atom. The quantitative estimate of drug-likeness (QED) is 0.332. The first-order chi connectivity index (χ1) is 10.1. The van der Waals surface area contributed by atoms with Crippen molar-refractivity contribution in [2.45, 2.75) is 6.04 Å². The maximum atomic E-state index is 12.2. The second kappa shape index (κ2) is 6.45. The predicted octanol–water partition coefficient (Wildman–Crippen LogP) is 0.938. The third-order valence-electron chi connectivity index (χ3n) is 3.01. The Morgan fingerprint density at radius 1 is 1.33 bits per heavy atom.